The first-order valence-corrected chi connectivity index (χ1v) is 7.68. The van der Waals surface area contributed by atoms with Crippen LogP contribution < -0.4 is 10.5 Å². The van der Waals surface area contributed by atoms with Crippen LogP contribution in [0, 0.1) is 6.92 Å². The van der Waals surface area contributed by atoms with Gasteiger partial charge >= 0.3 is 0 Å². The highest BCUT2D eigenvalue weighted by Crippen LogP contribution is 2.21. The SMILES string of the molecule is Cc1ccc(S(=O)(=O)NCc2ccccc2N)s1. The van der Waals surface area contributed by atoms with Gasteiger partial charge in [0.05, 0.1) is 0 Å². The molecule has 3 N–H and O–H groups in total. The van der Waals surface area contributed by atoms with Gasteiger partial charge in [-0.05, 0) is 30.7 Å². The van der Waals surface area contributed by atoms with Crippen LogP contribution in [-0.4, -0.2) is 8.42 Å². The van der Waals surface area contributed by atoms with E-state index < -0.39 is 10.0 Å². The van der Waals surface area contributed by atoms with Crippen molar-refractivity contribution in [1.29, 1.82) is 0 Å². The Balaban J connectivity index is 2.13. The lowest BCUT2D eigenvalue weighted by atomic mass is 10.2. The molecule has 0 saturated carbocycles. The van der Waals surface area contributed by atoms with Crippen LogP contribution in [0.5, 0.6) is 0 Å². The molecular weight excluding hydrogens is 268 g/mol. The van der Waals surface area contributed by atoms with Crippen molar-refractivity contribution in [3.63, 3.8) is 0 Å². The van der Waals surface area contributed by atoms with Crippen LogP contribution >= 0.6 is 11.3 Å². The van der Waals surface area contributed by atoms with Crippen LogP contribution in [0.3, 0.4) is 0 Å². The van der Waals surface area contributed by atoms with Gasteiger partial charge in [-0.15, -0.1) is 11.3 Å². The molecule has 0 saturated heterocycles. The van der Waals surface area contributed by atoms with Crippen molar-refractivity contribution in [1.82, 2.24) is 4.72 Å². The van der Waals surface area contributed by atoms with Crippen LogP contribution in [0.25, 0.3) is 0 Å². The second kappa shape index (κ2) is 5.09. The fourth-order valence-electron chi connectivity index (χ4n) is 1.50. The third kappa shape index (κ3) is 2.90. The van der Waals surface area contributed by atoms with Crippen LogP contribution in [0.1, 0.15) is 10.4 Å². The zero-order chi connectivity index (χ0) is 13.2. The fraction of sp³-hybridized carbons (Fsp3) is 0.167. The molecule has 0 bridgehead atoms. The molecule has 0 amide bonds. The summed E-state index contributed by atoms with van der Waals surface area (Å²) in [5.41, 5.74) is 7.12. The molecule has 1 aromatic carbocycles. The molecule has 0 aliphatic carbocycles. The summed E-state index contributed by atoms with van der Waals surface area (Å²) in [5, 5.41) is 0. The Morgan fingerprint density at radius 1 is 1.22 bits per heavy atom. The molecule has 0 spiro atoms. The predicted molar refractivity (Wildman–Crippen MR) is 73.9 cm³/mol. The minimum Gasteiger partial charge on any atom is -0.398 e. The number of hydrogen-bond acceptors (Lipinski definition) is 4. The van der Waals surface area contributed by atoms with E-state index in [1.54, 1.807) is 24.3 Å². The van der Waals surface area contributed by atoms with E-state index in [0.717, 1.165) is 10.4 Å². The topological polar surface area (TPSA) is 72.2 Å². The number of anilines is 1. The predicted octanol–water partition coefficient (Wildman–Crippen LogP) is 2.12. The maximum Gasteiger partial charge on any atom is 0.250 e. The van der Waals surface area contributed by atoms with E-state index in [2.05, 4.69) is 4.72 Å². The van der Waals surface area contributed by atoms with Gasteiger partial charge in [-0.3, -0.25) is 0 Å². The third-order valence-electron chi connectivity index (χ3n) is 2.49. The van der Waals surface area contributed by atoms with E-state index in [1.807, 2.05) is 19.1 Å². The quantitative estimate of drug-likeness (QED) is 0.844. The van der Waals surface area contributed by atoms with Gasteiger partial charge in [0, 0.05) is 17.1 Å². The number of nitrogens with two attached hydrogens (primary N) is 1. The van der Waals surface area contributed by atoms with Gasteiger partial charge in [-0.25, -0.2) is 13.1 Å². The number of aryl methyl sites for hydroxylation is 1. The monoisotopic (exact) mass is 282 g/mol. The minimum atomic E-state index is -3.44. The Bertz CT molecular complexity index is 648. The summed E-state index contributed by atoms with van der Waals surface area (Å²) in [4.78, 5) is 0.967. The summed E-state index contributed by atoms with van der Waals surface area (Å²) >= 11 is 1.25. The second-order valence-corrected chi connectivity index (χ2v) is 7.17. The summed E-state index contributed by atoms with van der Waals surface area (Å²) in [6, 6.07) is 10.6. The molecule has 2 rings (SSSR count). The van der Waals surface area contributed by atoms with Crippen molar-refractivity contribution in [3.8, 4) is 0 Å². The molecule has 18 heavy (non-hydrogen) atoms. The van der Waals surface area contributed by atoms with Crippen molar-refractivity contribution in [2.45, 2.75) is 17.7 Å². The first kappa shape index (κ1) is 13.1. The summed E-state index contributed by atoms with van der Waals surface area (Å²) in [7, 11) is -3.44. The standard InChI is InChI=1S/C12H14N2O2S2/c1-9-6-7-12(17-9)18(15,16)14-8-10-4-2-3-5-11(10)13/h2-7,14H,8,13H2,1H3. The smallest absolute Gasteiger partial charge is 0.250 e. The van der Waals surface area contributed by atoms with E-state index in [9.17, 15) is 8.42 Å². The number of nitrogens with one attached hydrogen (secondary N) is 1. The molecule has 1 aromatic heterocycles. The first-order chi connectivity index (χ1) is 8.49. The minimum absolute atomic E-state index is 0.200. The molecule has 0 unspecified atom stereocenters. The first-order valence-electron chi connectivity index (χ1n) is 5.38. The molecule has 0 aliphatic heterocycles. The number of para-hydroxylation sites is 1. The number of sulfonamides is 1. The van der Waals surface area contributed by atoms with Crippen molar-refractivity contribution < 1.29 is 8.42 Å². The highest BCUT2D eigenvalue weighted by Gasteiger charge is 2.15. The van der Waals surface area contributed by atoms with Crippen LogP contribution in [0.15, 0.2) is 40.6 Å². The van der Waals surface area contributed by atoms with Gasteiger partial charge in [0.2, 0.25) is 10.0 Å². The lowest BCUT2D eigenvalue weighted by Gasteiger charge is -2.07. The van der Waals surface area contributed by atoms with Gasteiger partial charge in [0.25, 0.3) is 0 Å². The normalized spacial score (nSPS) is 11.6. The number of rotatable bonds is 4. The number of thiophene rings is 1. The summed E-state index contributed by atoms with van der Waals surface area (Å²) in [6.45, 7) is 2.07. The Labute approximate surface area is 111 Å². The highest BCUT2D eigenvalue weighted by molar-refractivity contribution is 7.91. The molecule has 0 aliphatic rings. The average molecular weight is 282 g/mol. The van der Waals surface area contributed by atoms with Crippen LogP contribution in [0.2, 0.25) is 0 Å². The molecular formula is C12H14N2O2S2. The van der Waals surface area contributed by atoms with E-state index in [1.165, 1.54) is 11.3 Å². The second-order valence-electron chi connectivity index (χ2n) is 3.89. The van der Waals surface area contributed by atoms with Crippen molar-refractivity contribution in [2.24, 2.45) is 0 Å². The lowest BCUT2D eigenvalue weighted by Crippen LogP contribution is -2.22. The number of hydrogen-bond donors (Lipinski definition) is 2. The van der Waals surface area contributed by atoms with Crippen LogP contribution in [0.4, 0.5) is 5.69 Å². The van der Waals surface area contributed by atoms with E-state index >= 15 is 0 Å². The Kier molecular flexibility index (Phi) is 3.70. The van der Waals surface area contributed by atoms with Gasteiger partial charge in [0.15, 0.2) is 0 Å². The van der Waals surface area contributed by atoms with E-state index in [-0.39, 0.29) is 6.54 Å². The maximum atomic E-state index is 12.0. The van der Waals surface area contributed by atoms with Crippen molar-refractivity contribution >= 4 is 27.0 Å². The van der Waals surface area contributed by atoms with Gasteiger partial charge in [-0.2, -0.15) is 0 Å². The maximum absolute atomic E-state index is 12.0. The molecule has 4 nitrogen and oxygen atoms in total. The van der Waals surface area contributed by atoms with Crippen LogP contribution in [-0.2, 0) is 16.6 Å². The molecule has 0 fully saturated rings. The zero-order valence-electron chi connectivity index (χ0n) is 9.88. The molecule has 96 valence electrons. The van der Waals surface area contributed by atoms with Gasteiger partial charge < -0.3 is 5.73 Å². The van der Waals surface area contributed by atoms with Gasteiger partial charge in [-0.1, -0.05) is 18.2 Å². The van der Waals surface area contributed by atoms with Gasteiger partial charge in [0.1, 0.15) is 4.21 Å². The van der Waals surface area contributed by atoms with Crippen molar-refractivity contribution in [3.05, 3.63) is 46.8 Å². The highest BCUT2D eigenvalue weighted by atomic mass is 32.2. The Hall–Kier alpha value is -1.37. The third-order valence-corrected chi connectivity index (χ3v) is 5.38. The van der Waals surface area contributed by atoms with E-state index in [4.69, 9.17) is 5.73 Å². The summed E-state index contributed by atoms with van der Waals surface area (Å²) in [6.07, 6.45) is 0. The summed E-state index contributed by atoms with van der Waals surface area (Å²) in [5.74, 6) is 0. The van der Waals surface area contributed by atoms with E-state index in [0.29, 0.717) is 9.90 Å². The molecule has 2 aromatic rings. The molecule has 0 radical (unpaired) electrons. The molecule has 0 atom stereocenters. The lowest BCUT2D eigenvalue weighted by molar-refractivity contribution is 0.583. The largest absolute Gasteiger partial charge is 0.398 e. The fourth-order valence-corrected chi connectivity index (χ4v) is 3.83. The number of nitrogen functional groups attached to an aromatic ring is 1. The average Bonchev–Trinajstić information content (AvgIpc) is 2.76. The number of benzene rings is 1. The molecule has 1 heterocycles. The Morgan fingerprint density at radius 3 is 2.56 bits per heavy atom. The molecule has 6 heteroatoms. The zero-order valence-corrected chi connectivity index (χ0v) is 11.5. The van der Waals surface area contributed by atoms with Crippen molar-refractivity contribution in [2.75, 3.05) is 5.73 Å². The summed E-state index contributed by atoms with van der Waals surface area (Å²) < 4.78 is 26.9. The Morgan fingerprint density at radius 2 is 1.94 bits per heavy atom.